The van der Waals surface area contributed by atoms with Gasteiger partial charge in [0.2, 0.25) is 11.8 Å². The second-order valence-corrected chi connectivity index (χ2v) is 9.13. The molecule has 3 N–H and O–H groups in total. The summed E-state index contributed by atoms with van der Waals surface area (Å²) in [5, 5.41) is 6.52. The van der Waals surface area contributed by atoms with Gasteiger partial charge in [-0.15, -0.1) is 0 Å². The van der Waals surface area contributed by atoms with Crippen LogP contribution in [0, 0.1) is 0 Å². The van der Waals surface area contributed by atoms with Crippen molar-refractivity contribution in [3.05, 3.63) is 36.0 Å². The largest absolute Gasteiger partial charge is 0.361 e. The van der Waals surface area contributed by atoms with Crippen LogP contribution in [0.2, 0.25) is 0 Å². The predicted molar refractivity (Wildman–Crippen MR) is 134 cm³/mol. The first-order valence-corrected chi connectivity index (χ1v) is 12.5. The number of carbonyl (C=O) groups is 4. The Kier molecular flexibility index (Phi) is 11.5. The highest BCUT2D eigenvalue weighted by Gasteiger charge is 2.27. The number of nitrogens with one attached hydrogen (secondary N) is 3. The van der Waals surface area contributed by atoms with E-state index >= 15 is 0 Å². The number of H-pyrrole nitrogens is 1. The summed E-state index contributed by atoms with van der Waals surface area (Å²) in [6.07, 6.45) is 10.2. The molecule has 0 aliphatic heterocycles. The van der Waals surface area contributed by atoms with E-state index in [1.54, 1.807) is 0 Å². The monoisotopic (exact) mass is 469 g/mol. The summed E-state index contributed by atoms with van der Waals surface area (Å²) in [4.78, 5) is 52.5. The summed E-state index contributed by atoms with van der Waals surface area (Å²) in [6, 6.07) is 6.03. The van der Waals surface area contributed by atoms with Crippen LogP contribution in [-0.4, -0.2) is 40.4 Å². The van der Waals surface area contributed by atoms with Crippen molar-refractivity contribution >= 4 is 34.3 Å². The molecule has 2 aromatic rings. The number of unbranched alkanes of at least 4 members (excludes halogenated alkanes) is 6. The highest BCUT2D eigenvalue weighted by molar-refractivity contribution is 5.95. The fourth-order valence-electron chi connectivity index (χ4n) is 4.10. The minimum absolute atomic E-state index is 0.0626. The molecule has 186 valence electrons. The lowest BCUT2D eigenvalue weighted by Gasteiger charge is -2.22. The predicted octanol–water partition coefficient (Wildman–Crippen LogP) is 4.39. The molecule has 0 aliphatic carbocycles. The number of carbonyl (C=O) groups excluding carboxylic acids is 4. The molecule has 34 heavy (non-hydrogen) atoms. The number of fused-ring (bicyclic) bond motifs is 1. The van der Waals surface area contributed by atoms with Crippen LogP contribution in [-0.2, 0) is 25.6 Å². The van der Waals surface area contributed by atoms with Crippen molar-refractivity contribution in [2.24, 2.45) is 0 Å². The van der Waals surface area contributed by atoms with E-state index in [1.807, 2.05) is 30.5 Å². The standard InChI is InChI=1S/C27H39N3O4/c1-4-5-6-7-8-9-10-15-26(33)29-25(27(34)30-24(20(3)32)16-19(2)31)17-21-18-28-23-14-12-11-13-22(21)23/h11-14,18,24-25,28H,4-10,15-17H2,1-3H3,(H,29,33)(H,30,34). The molecule has 0 spiro atoms. The molecule has 0 saturated heterocycles. The highest BCUT2D eigenvalue weighted by atomic mass is 16.2. The zero-order valence-electron chi connectivity index (χ0n) is 20.7. The number of rotatable bonds is 16. The van der Waals surface area contributed by atoms with Gasteiger partial charge in [0.05, 0.1) is 6.04 Å². The van der Waals surface area contributed by atoms with Gasteiger partial charge in [-0.05, 0) is 31.9 Å². The van der Waals surface area contributed by atoms with E-state index in [4.69, 9.17) is 0 Å². The molecular formula is C27H39N3O4. The van der Waals surface area contributed by atoms with E-state index in [1.165, 1.54) is 39.5 Å². The maximum absolute atomic E-state index is 13.1. The number of hydrogen-bond donors (Lipinski definition) is 3. The topological polar surface area (TPSA) is 108 Å². The summed E-state index contributed by atoms with van der Waals surface area (Å²) in [6.45, 7) is 4.92. The van der Waals surface area contributed by atoms with E-state index in [0.717, 1.165) is 35.7 Å². The van der Waals surface area contributed by atoms with Gasteiger partial charge in [-0.3, -0.25) is 19.2 Å². The number of benzene rings is 1. The van der Waals surface area contributed by atoms with Crippen LogP contribution in [0.1, 0.15) is 84.1 Å². The first-order valence-electron chi connectivity index (χ1n) is 12.5. The molecule has 7 nitrogen and oxygen atoms in total. The average Bonchev–Trinajstić information content (AvgIpc) is 3.20. The fourth-order valence-corrected chi connectivity index (χ4v) is 4.10. The smallest absolute Gasteiger partial charge is 0.243 e. The molecule has 0 bridgehead atoms. The van der Waals surface area contributed by atoms with Crippen molar-refractivity contribution in [3.63, 3.8) is 0 Å². The molecule has 0 saturated carbocycles. The fraction of sp³-hybridized carbons (Fsp3) is 0.556. The Morgan fingerprint density at radius 2 is 1.56 bits per heavy atom. The van der Waals surface area contributed by atoms with Crippen LogP contribution < -0.4 is 10.6 Å². The van der Waals surface area contributed by atoms with Gasteiger partial charge in [0.25, 0.3) is 0 Å². The Morgan fingerprint density at radius 3 is 2.24 bits per heavy atom. The zero-order valence-corrected chi connectivity index (χ0v) is 20.7. The van der Waals surface area contributed by atoms with Crippen LogP contribution in [0.15, 0.2) is 30.5 Å². The van der Waals surface area contributed by atoms with Gasteiger partial charge in [-0.2, -0.15) is 0 Å². The van der Waals surface area contributed by atoms with E-state index in [2.05, 4.69) is 22.5 Å². The zero-order chi connectivity index (χ0) is 24.9. The van der Waals surface area contributed by atoms with E-state index < -0.39 is 18.0 Å². The van der Waals surface area contributed by atoms with Crippen molar-refractivity contribution in [1.29, 1.82) is 0 Å². The van der Waals surface area contributed by atoms with Gasteiger partial charge in [-0.1, -0.05) is 63.6 Å². The lowest BCUT2D eigenvalue weighted by molar-refractivity contribution is -0.132. The number of ketones is 2. The summed E-state index contributed by atoms with van der Waals surface area (Å²) in [5.74, 6) is -1.11. The molecule has 2 unspecified atom stereocenters. The van der Waals surface area contributed by atoms with E-state index in [-0.39, 0.29) is 30.3 Å². The Bertz CT molecular complexity index is 966. The molecule has 0 aliphatic rings. The number of aromatic nitrogens is 1. The third-order valence-electron chi connectivity index (χ3n) is 6.06. The minimum Gasteiger partial charge on any atom is -0.361 e. The third kappa shape index (κ3) is 9.12. The maximum Gasteiger partial charge on any atom is 0.243 e. The molecule has 2 atom stereocenters. The number of para-hydroxylation sites is 1. The summed E-state index contributed by atoms with van der Waals surface area (Å²) in [7, 11) is 0. The Morgan fingerprint density at radius 1 is 0.882 bits per heavy atom. The van der Waals surface area contributed by atoms with Gasteiger partial charge < -0.3 is 15.6 Å². The Balaban J connectivity index is 2.04. The average molecular weight is 470 g/mol. The SMILES string of the molecule is CCCCCCCCCC(=O)NC(Cc1c[nH]c2ccccc12)C(=O)NC(CC(C)=O)C(C)=O. The summed E-state index contributed by atoms with van der Waals surface area (Å²) >= 11 is 0. The lowest BCUT2D eigenvalue weighted by atomic mass is 10.0. The van der Waals surface area contributed by atoms with Crippen molar-refractivity contribution < 1.29 is 19.2 Å². The second-order valence-electron chi connectivity index (χ2n) is 9.13. The van der Waals surface area contributed by atoms with Crippen molar-refractivity contribution in [3.8, 4) is 0 Å². The van der Waals surface area contributed by atoms with Crippen LogP contribution in [0.25, 0.3) is 10.9 Å². The molecule has 0 fully saturated rings. The van der Waals surface area contributed by atoms with Gasteiger partial charge >= 0.3 is 0 Å². The molecule has 7 heteroatoms. The third-order valence-corrected chi connectivity index (χ3v) is 6.06. The van der Waals surface area contributed by atoms with Crippen molar-refractivity contribution in [2.45, 2.75) is 97.1 Å². The molecule has 2 amide bonds. The first-order chi connectivity index (χ1) is 16.3. The summed E-state index contributed by atoms with van der Waals surface area (Å²) in [5.41, 5.74) is 1.85. The highest BCUT2D eigenvalue weighted by Crippen LogP contribution is 2.19. The quantitative estimate of drug-likeness (QED) is 0.317. The van der Waals surface area contributed by atoms with Gasteiger partial charge in [0.15, 0.2) is 5.78 Å². The summed E-state index contributed by atoms with van der Waals surface area (Å²) < 4.78 is 0. The van der Waals surface area contributed by atoms with E-state index in [0.29, 0.717) is 6.42 Å². The van der Waals surface area contributed by atoms with Crippen molar-refractivity contribution in [2.75, 3.05) is 0 Å². The van der Waals surface area contributed by atoms with Crippen molar-refractivity contribution in [1.82, 2.24) is 15.6 Å². The minimum atomic E-state index is -0.893. The molecular weight excluding hydrogens is 430 g/mol. The van der Waals surface area contributed by atoms with Crippen LogP contribution in [0.5, 0.6) is 0 Å². The van der Waals surface area contributed by atoms with Crippen LogP contribution in [0.3, 0.4) is 0 Å². The van der Waals surface area contributed by atoms with Gasteiger partial charge in [0, 0.05) is 36.4 Å². The number of hydrogen-bond acceptors (Lipinski definition) is 4. The molecule has 2 rings (SSSR count). The number of Topliss-reactive ketones (excluding diaryl/α,β-unsaturated/α-hetero) is 2. The van der Waals surface area contributed by atoms with Gasteiger partial charge in [0.1, 0.15) is 11.8 Å². The normalized spacial score (nSPS) is 12.8. The van der Waals surface area contributed by atoms with E-state index in [9.17, 15) is 19.2 Å². The number of aromatic amines is 1. The maximum atomic E-state index is 13.1. The second kappa shape index (κ2) is 14.3. The molecule has 1 aromatic heterocycles. The van der Waals surface area contributed by atoms with Crippen LogP contribution in [0.4, 0.5) is 0 Å². The lowest BCUT2D eigenvalue weighted by Crippen LogP contribution is -2.52. The number of amides is 2. The molecule has 1 heterocycles. The van der Waals surface area contributed by atoms with Gasteiger partial charge in [-0.25, -0.2) is 0 Å². The Labute approximate surface area is 202 Å². The van der Waals surface area contributed by atoms with Crippen LogP contribution >= 0.6 is 0 Å². The molecule has 0 radical (unpaired) electrons. The Hall–Kier alpha value is -2.96. The first kappa shape index (κ1) is 27.3. The molecule has 1 aromatic carbocycles.